The van der Waals surface area contributed by atoms with E-state index in [0.29, 0.717) is 18.1 Å². The molecule has 108 valence electrons. The number of nitrogens with zero attached hydrogens (tertiary/aromatic N) is 3. The van der Waals surface area contributed by atoms with Crippen LogP contribution < -0.4 is 5.32 Å². The molecule has 2 aromatic heterocycles. The zero-order chi connectivity index (χ0) is 14.8. The Balaban J connectivity index is 1.94. The zero-order valence-electron chi connectivity index (χ0n) is 11.9. The Labute approximate surface area is 127 Å². The van der Waals surface area contributed by atoms with Crippen LogP contribution in [0.4, 0.5) is 5.82 Å². The maximum absolute atomic E-state index is 6.00. The molecule has 2 heterocycles. The van der Waals surface area contributed by atoms with Crippen molar-refractivity contribution in [1.29, 1.82) is 0 Å². The van der Waals surface area contributed by atoms with E-state index < -0.39 is 0 Å². The third kappa shape index (κ3) is 2.83. The van der Waals surface area contributed by atoms with Crippen LogP contribution in [-0.4, -0.2) is 15.1 Å². The molecule has 3 rings (SSSR count). The van der Waals surface area contributed by atoms with Gasteiger partial charge in [-0.1, -0.05) is 35.8 Å². The molecule has 3 aromatic rings. The number of rotatable bonds is 4. The van der Waals surface area contributed by atoms with E-state index in [4.69, 9.17) is 16.1 Å². The molecular formula is C15H15ClN4O. The molecule has 0 spiro atoms. The van der Waals surface area contributed by atoms with Gasteiger partial charge in [0.15, 0.2) is 0 Å². The van der Waals surface area contributed by atoms with Crippen molar-refractivity contribution in [1.82, 2.24) is 15.1 Å². The molecule has 0 aliphatic heterocycles. The van der Waals surface area contributed by atoms with Crippen molar-refractivity contribution in [3.8, 4) is 0 Å². The Morgan fingerprint density at radius 1 is 1.29 bits per heavy atom. The monoisotopic (exact) mass is 302 g/mol. The van der Waals surface area contributed by atoms with Gasteiger partial charge in [0.05, 0.1) is 5.69 Å². The maximum Gasteiger partial charge on any atom is 0.263 e. The number of benzene rings is 1. The number of anilines is 1. The van der Waals surface area contributed by atoms with Crippen LogP contribution in [-0.2, 0) is 13.0 Å². The highest BCUT2D eigenvalue weighted by Gasteiger charge is 2.15. The van der Waals surface area contributed by atoms with E-state index in [1.807, 2.05) is 38.1 Å². The van der Waals surface area contributed by atoms with Crippen molar-refractivity contribution in [2.75, 3.05) is 5.32 Å². The summed E-state index contributed by atoms with van der Waals surface area (Å²) in [5.74, 6) is 1.39. The lowest BCUT2D eigenvalue weighted by Crippen LogP contribution is -2.04. The van der Waals surface area contributed by atoms with E-state index in [0.717, 1.165) is 33.9 Å². The molecule has 0 atom stereocenters. The van der Waals surface area contributed by atoms with Gasteiger partial charge in [0, 0.05) is 11.6 Å². The van der Waals surface area contributed by atoms with Crippen LogP contribution in [0.25, 0.3) is 11.1 Å². The van der Waals surface area contributed by atoms with Crippen LogP contribution in [0.2, 0.25) is 5.02 Å². The number of nitrogens with one attached hydrogen (secondary N) is 1. The minimum atomic E-state index is 0.521. The van der Waals surface area contributed by atoms with Crippen molar-refractivity contribution >= 4 is 28.5 Å². The van der Waals surface area contributed by atoms with Crippen LogP contribution in [0.15, 0.2) is 28.8 Å². The first-order valence-corrected chi connectivity index (χ1v) is 7.16. The molecule has 0 fully saturated rings. The lowest BCUT2D eigenvalue weighted by Gasteiger charge is -2.08. The second kappa shape index (κ2) is 5.69. The van der Waals surface area contributed by atoms with Gasteiger partial charge < -0.3 is 9.84 Å². The van der Waals surface area contributed by atoms with Crippen molar-refractivity contribution < 1.29 is 4.52 Å². The van der Waals surface area contributed by atoms with Crippen LogP contribution >= 0.6 is 11.6 Å². The van der Waals surface area contributed by atoms with Gasteiger partial charge in [0.25, 0.3) is 5.71 Å². The minimum absolute atomic E-state index is 0.521. The Bertz CT molecular complexity index is 784. The van der Waals surface area contributed by atoms with Gasteiger partial charge in [-0.2, -0.15) is 4.98 Å². The van der Waals surface area contributed by atoms with E-state index >= 15 is 0 Å². The summed E-state index contributed by atoms with van der Waals surface area (Å²) < 4.78 is 5.27. The molecular weight excluding hydrogens is 288 g/mol. The first kappa shape index (κ1) is 13.8. The van der Waals surface area contributed by atoms with Gasteiger partial charge >= 0.3 is 0 Å². The maximum atomic E-state index is 6.00. The molecule has 0 bridgehead atoms. The molecule has 0 saturated heterocycles. The highest BCUT2D eigenvalue weighted by atomic mass is 35.5. The first-order valence-electron chi connectivity index (χ1n) is 6.78. The second-order valence-electron chi connectivity index (χ2n) is 4.77. The van der Waals surface area contributed by atoms with Gasteiger partial charge in [0.2, 0.25) is 0 Å². The fourth-order valence-electron chi connectivity index (χ4n) is 2.22. The van der Waals surface area contributed by atoms with E-state index in [1.54, 1.807) is 0 Å². The fraction of sp³-hybridized carbons (Fsp3) is 0.267. The Morgan fingerprint density at radius 3 is 2.90 bits per heavy atom. The molecule has 1 aromatic carbocycles. The Hall–Kier alpha value is -2.14. The normalized spacial score (nSPS) is 11.0. The zero-order valence-corrected chi connectivity index (χ0v) is 12.6. The summed E-state index contributed by atoms with van der Waals surface area (Å²) in [7, 11) is 0. The average molecular weight is 303 g/mol. The summed E-state index contributed by atoms with van der Waals surface area (Å²) >= 11 is 6.00. The molecule has 0 saturated carbocycles. The highest BCUT2D eigenvalue weighted by Crippen LogP contribution is 2.25. The number of hydrogen-bond acceptors (Lipinski definition) is 5. The van der Waals surface area contributed by atoms with E-state index in [2.05, 4.69) is 20.4 Å². The summed E-state index contributed by atoms with van der Waals surface area (Å²) in [5, 5.41) is 8.94. The fourth-order valence-corrected chi connectivity index (χ4v) is 2.43. The number of hydrogen-bond donors (Lipinski definition) is 1. The van der Waals surface area contributed by atoms with Crippen LogP contribution in [0.1, 0.15) is 24.0 Å². The standard InChI is InChI=1S/C15H15ClN4O/c1-3-12-13-14(18-9(2)19-15(13)21-20-12)17-8-10-5-4-6-11(16)7-10/h4-7H,3,8H2,1-2H3,(H,17,18,19). The molecule has 0 aliphatic carbocycles. The van der Waals surface area contributed by atoms with Gasteiger partial charge in [-0.05, 0) is 31.0 Å². The first-order chi connectivity index (χ1) is 10.2. The predicted molar refractivity (Wildman–Crippen MR) is 82.5 cm³/mol. The quantitative estimate of drug-likeness (QED) is 0.795. The topological polar surface area (TPSA) is 63.8 Å². The smallest absolute Gasteiger partial charge is 0.263 e. The molecule has 21 heavy (non-hydrogen) atoms. The van der Waals surface area contributed by atoms with Crippen molar-refractivity contribution in [3.05, 3.63) is 46.4 Å². The third-order valence-corrected chi connectivity index (χ3v) is 3.44. The number of aromatic nitrogens is 3. The lowest BCUT2D eigenvalue weighted by atomic mass is 10.2. The number of aryl methyl sites for hydroxylation is 2. The highest BCUT2D eigenvalue weighted by molar-refractivity contribution is 6.30. The van der Waals surface area contributed by atoms with Gasteiger partial charge in [0.1, 0.15) is 17.0 Å². The SMILES string of the molecule is CCc1noc2nc(C)nc(NCc3cccc(Cl)c3)c12. The summed E-state index contributed by atoms with van der Waals surface area (Å²) in [6, 6.07) is 7.72. The Morgan fingerprint density at radius 2 is 2.14 bits per heavy atom. The van der Waals surface area contributed by atoms with Crippen LogP contribution in [0.5, 0.6) is 0 Å². The van der Waals surface area contributed by atoms with Gasteiger partial charge in [-0.3, -0.25) is 0 Å². The second-order valence-corrected chi connectivity index (χ2v) is 5.20. The molecule has 0 aliphatic rings. The number of fused-ring (bicyclic) bond motifs is 1. The molecule has 6 heteroatoms. The van der Waals surface area contributed by atoms with E-state index in [1.165, 1.54) is 0 Å². The number of halogens is 1. The van der Waals surface area contributed by atoms with Crippen molar-refractivity contribution in [2.45, 2.75) is 26.8 Å². The predicted octanol–water partition coefficient (Wildman–Crippen LogP) is 3.75. The average Bonchev–Trinajstić information content (AvgIpc) is 2.87. The largest absolute Gasteiger partial charge is 0.365 e. The molecule has 1 N–H and O–H groups in total. The van der Waals surface area contributed by atoms with Crippen molar-refractivity contribution in [2.24, 2.45) is 0 Å². The van der Waals surface area contributed by atoms with Crippen LogP contribution in [0, 0.1) is 6.92 Å². The summed E-state index contributed by atoms with van der Waals surface area (Å²) in [6.07, 6.45) is 0.769. The van der Waals surface area contributed by atoms with Gasteiger partial charge in [-0.15, -0.1) is 0 Å². The summed E-state index contributed by atoms with van der Waals surface area (Å²) in [5.41, 5.74) is 2.47. The van der Waals surface area contributed by atoms with E-state index in [9.17, 15) is 0 Å². The lowest BCUT2D eigenvalue weighted by molar-refractivity contribution is 0.439. The molecule has 5 nitrogen and oxygen atoms in total. The third-order valence-electron chi connectivity index (χ3n) is 3.20. The molecule has 0 amide bonds. The molecule has 0 unspecified atom stereocenters. The Kier molecular flexibility index (Phi) is 3.75. The van der Waals surface area contributed by atoms with Crippen LogP contribution in [0.3, 0.4) is 0 Å². The summed E-state index contributed by atoms with van der Waals surface area (Å²) in [4.78, 5) is 8.74. The molecule has 0 radical (unpaired) electrons. The minimum Gasteiger partial charge on any atom is -0.365 e. The summed E-state index contributed by atoms with van der Waals surface area (Å²) in [6.45, 7) is 4.48. The van der Waals surface area contributed by atoms with E-state index in [-0.39, 0.29) is 0 Å². The van der Waals surface area contributed by atoms with Gasteiger partial charge in [-0.25, -0.2) is 4.98 Å². The van der Waals surface area contributed by atoms with Crippen molar-refractivity contribution in [3.63, 3.8) is 0 Å².